The summed E-state index contributed by atoms with van der Waals surface area (Å²) in [6, 6.07) is 11.6. The van der Waals surface area contributed by atoms with Crippen LogP contribution in [-0.2, 0) is 0 Å². The molecule has 0 heterocycles. The lowest BCUT2D eigenvalue weighted by atomic mass is 10.1. The monoisotopic (exact) mass is 326 g/mol. The Kier molecular flexibility index (Phi) is 6.42. The molecule has 0 aliphatic heterocycles. The molecular formula is C22H31P. The zero-order valence-electron chi connectivity index (χ0n) is 15.7. The molecule has 0 saturated heterocycles. The van der Waals surface area contributed by atoms with Crippen LogP contribution in [0.15, 0.2) is 30.3 Å². The highest BCUT2D eigenvalue weighted by Crippen LogP contribution is 2.38. The number of unbranched alkanes of at least 4 members (excludes halogenated alkanes) is 2. The first-order valence-corrected chi connectivity index (χ1v) is 10.4. The van der Waals surface area contributed by atoms with Gasteiger partial charge < -0.3 is 0 Å². The Morgan fingerprint density at radius 2 is 1.35 bits per heavy atom. The highest BCUT2D eigenvalue weighted by molar-refractivity contribution is 7.73. The number of hydrogen-bond acceptors (Lipinski definition) is 0. The minimum absolute atomic E-state index is 0.249. The average Bonchev–Trinajstić information content (AvgIpc) is 2.54. The molecule has 0 amide bonds. The van der Waals surface area contributed by atoms with Gasteiger partial charge in [-0.3, -0.25) is 0 Å². The van der Waals surface area contributed by atoms with Gasteiger partial charge in [-0.1, -0.05) is 50.1 Å². The molecule has 0 nitrogen and oxygen atoms in total. The lowest BCUT2D eigenvalue weighted by molar-refractivity contribution is 0.777. The van der Waals surface area contributed by atoms with Gasteiger partial charge in [0.15, 0.2) is 0 Å². The summed E-state index contributed by atoms with van der Waals surface area (Å²) in [5.74, 6) is 0. The van der Waals surface area contributed by atoms with Gasteiger partial charge in [0.25, 0.3) is 0 Å². The smallest absolute Gasteiger partial charge is 0.0163 e. The van der Waals surface area contributed by atoms with Gasteiger partial charge in [0.2, 0.25) is 0 Å². The molecule has 0 radical (unpaired) electrons. The molecule has 0 spiro atoms. The topological polar surface area (TPSA) is 0 Å². The highest BCUT2D eigenvalue weighted by atomic mass is 31.1. The first-order chi connectivity index (χ1) is 11.0. The molecule has 0 aliphatic carbocycles. The van der Waals surface area contributed by atoms with Crippen LogP contribution in [-0.4, -0.2) is 6.16 Å². The fourth-order valence-electron chi connectivity index (χ4n) is 3.15. The maximum atomic E-state index is 2.40. The van der Waals surface area contributed by atoms with Gasteiger partial charge in [0.1, 0.15) is 0 Å². The minimum Gasteiger partial charge on any atom is -0.0654 e. The van der Waals surface area contributed by atoms with E-state index in [2.05, 4.69) is 71.9 Å². The van der Waals surface area contributed by atoms with Crippen LogP contribution in [0.25, 0.3) is 0 Å². The lowest BCUT2D eigenvalue weighted by Gasteiger charge is -2.24. The van der Waals surface area contributed by atoms with Crippen molar-refractivity contribution in [2.24, 2.45) is 0 Å². The second kappa shape index (κ2) is 8.11. The van der Waals surface area contributed by atoms with Crippen molar-refractivity contribution in [2.45, 2.75) is 60.8 Å². The van der Waals surface area contributed by atoms with Gasteiger partial charge in [-0.05, 0) is 93.5 Å². The fourth-order valence-corrected chi connectivity index (χ4v) is 6.11. The lowest BCUT2D eigenvalue weighted by Crippen LogP contribution is -2.20. The van der Waals surface area contributed by atoms with Crippen LogP contribution < -0.4 is 10.6 Å². The first kappa shape index (κ1) is 18.2. The molecule has 2 aromatic carbocycles. The number of benzene rings is 2. The van der Waals surface area contributed by atoms with Gasteiger partial charge in [0, 0.05) is 0 Å². The maximum absolute atomic E-state index is 2.40. The van der Waals surface area contributed by atoms with E-state index in [4.69, 9.17) is 0 Å². The normalized spacial score (nSPS) is 12.4. The van der Waals surface area contributed by atoms with E-state index in [1.54, 1.807) is 10.6 Å². The average molecular weight is 326 g/mol. The third kappa shape index (κ3) is 4.04. The van der Waals surface area contributed by atoms with Gasteiger partial charge in [0.05, 0.1) is 0 Å². The molecule has 0 bridgehead atoms. The summed E-state index contributed by atoms with van der Waals surface area (Å²) < 4.78 is 0. The third-order valence-corrected chi connectivity index (χ3v) is 8.07. The minimum atomic E-state index is -0.249. The Morgan fingerprint density at radius 3 is 2.04 bits per heavy atom. The Labute approximate surface area is 144 Å². The van der Waals surface area contributed by atoms with Crippen LogP contribution in [0.2, 0.25) is 0 Å². The van der Waals surface area contributed by atoms with Crippen LogP contribution >= 0.6 is 7.92 Å². The zero-order valence-corrected chi connectivity index (χ0v) is 16.6. The third-order valence-electron chi connectivity index (χ3n) is 5.17. The summed E-state index contributed by atoms with van der Waals surface area (Å²) in [7, 11) is -0.249. The van der Waals surface area contributed by atoms with Crippen LogP contribution in [0.1, 0.15) is 54.0 Å². The molecule has 0 aromatic heterocycles. The van der Waals surface area contributed by atoms with Gasteiger partial charge in [-0.15, -0.1) is 0 Å². The van der Waals surface area contributed by atoms with Gasteiger partial charge >= 0.3 is 0 Å². The quantitative estimate of drug-likeness (QED) is 0.461. The summed E-state index contributed by atoms with van der Waals surface area (Å²) in [6.45, 7) is 13.7. The molecule has 1 atom stereocenters. The van der Waals surface area contributed by atoms with Crippen LogP contribution in [0, 0.1) is 34.6 Å². The molecule has 0 N–H and O–H groups in total. The fraction of sp³-hybridized carbons (Fsp3) is 0.455. The van der Waals surface area contributed by atoms with E-state index < -0.39 is 0 Å². The molecular weight excluding hydrogens is 295 g/mol. The SMILES string of the molecule is CCCCCP(c1cccc(C)c1C)c1ccc(C)c(C)c1C. The van der Waals surface area contributed by atoms with Gasteiger partial charge in [-0.2, -0.15) is 0 Å². The van der Waals surface area contributed by atoms with E-state index in [-0.39, 0.29) is 7.92 Å². The van der Waals surface area contributed by atoms with E-state index in [1.165, 1.54) is 53.2 Å². The molecule has 23 heavy (non-hydrogen) atoms. The Bertz CT molecular complexity index is 670. The van der Waals surface area contributed by atoms with Crippen molar-refractivity contribution in [2.75, 3.05) is 6.16 Å². The predicted molar refractivity (Wildman–Crippen MR) is 107 cm³/mol. The van der Waals surface area contributed by atoms with Crippen LogP contribution in [0.4, 0.5) is 0 Å². The van der Waals surface area contributed by atoms with Crippen LogP contribution in [0.3, 0.4) is 0 Å². The van der Waals surface area contributed by atoms with E-state index >= 15 is 0 Å². The molecule has 1 heteroatoms. The molecule has 0 aliphatic rings. The molecule has 0 saturated carbocycles. The van der Waals surface area contributed by atoms with Gasteiger partial charge in [-0.25, -0.2) is 0 Å². The molecule has 2 aromatic rings. The number of rotatable bonds is 6. The Morgan fingerprint density at radius 1 is 0.696 bits per heavy atom. The number of aryl methyl sites for hydroxylation is 2. The van der Waals surface area contributed by atoms with Crippen LogP contribution in [0.5, 0.6) is 0 Å². The molecule has 124 valence electrons. The zero-order chi connectivity index (χ0) is 17.0. The Hall–Kier alpha value is -1.13. The standard InChI is InChI=1S/C22H31P/c1-7-8-9-15-23(21-12-10-11-16(2)19(21)5)22-14-13-17(3)18(4)20(22)6/h10-14H,7-9,15H2,1-6H3. The van der Waals surface area contributed by atoms with Crippen molar-refractivity contribution < 1.29 is 0 Å². The first-order valence-electron chi connectivity index (χ1n) is 8.88. The van der Waals surface area contributed by atoms with Crippen molar-refractivity contribution in [3.8, 4) is 0 Å². The second-order valence-corrected chi connectivity index (χ2v) is 9.00. The van der Waals surface area contributed by atoms with Crippen molar-refractivity contribution in [3.05, 3.63) is 58.1 Å². The summed E-state index contributed by atoms with van der Waals surface area (Å²) >= 11 is 0. The molecule has 1 unspecified atom stereocenters. The van der Waals surface area contributed by atoms with Crippen molar-refractivity contribution in [1.29, 1.82) is 0 Å². The van der Waals surface area contributed by atoms with Crippen molar-refractivity contribution >= 4 is 18.5 Å². The maximum Gasteiger partial charge on any atom is -0.0163 e. The van der Waals surface area contributed by atoms with E-state index in [0.29, 0.717) is 0 Å². The van der Waals surface area contributed by atoms with E-state index in [9.17, 15) is 0 Å². The van der Waals surface area contributed by atoms with Crippen molar-refractivity contribution in [1.82, 2.24) is 0 Å². The summed E-state index contributed by atoms with van der Waals surface area (Å²) in [6.07, 6.45) is 5.29. The highest BCUT2D eigenvalue weighted by Gasteiger charge is 2.19. The Balaban J connectivity index is 2.50. The van der Waals surface area contributed by atoms with E-state index in [0.717, 1.165) is 0 Å². The summed E-state index contributed by atoms with van der Waals surface area (Å²) in [5, 5.41) is 3.18. The predicted octanol–water partition coefficient (Wildman–Crippen LogP) is 5.85. The summed E-state index contributed by atoms with van der Waals surface area (Å²) in [5.41, 5.74) is 7.31. The van der Waals surface area contributed by atoms with Crippen molar-refractivity contribution in [3.63, 3.8) is 0 Å². The second-order valence-electron chi connectivity index (χ2n) is 6.73. The largest absolute Gasteiger partial charge is 0.0654 e. The summed E-state index contributed by atoms with van der Waals surface area (Å²) in [4.78, 5) is 0. The van der Waals surface area contributed by atoms with E-state index in [1.807, 2.05) is 0 Å². The number of hydrogen-bond donors (Lipinski definition) is 0. The molecule has 0 fully saturated rings. The molecule has 2 rings (SSSR count).